The largest absolute Gasteiger partial charge is 0.389 e. The maximum atomic E-state index is 13.2. The zero-order valence-corrected chi connectivity index (χ0v) is 14.8. The Hall–Kier alpha value is -1.53. The number of carbonyl (C=O) groups excluding carboxylic acids is 2. The molecule has 4 nitrogen and oxygen atoms in total. The average Bonchev–Trinajstić information content (AvgIpc) is 2.45. The number of carbonyl (C=O) groups is 2. The summed E-state index contributed by atoms with van der Waals surface area (Å²) in [5.74, 6) is -0.886. The summed E-state index contributed by atoms with van der Waals surface area (Å²) in [5, 5.41) is 3.02. The van der Waals surface area contributed by atoms with Crippen LogP contribution in [-0.4, -0.2) is 43.7 Å². The highest BCUT2D eigenvalue weighted by Crippen LogP contribution is 2.35. The molecule has 0 bridgehead atoms. The van der Waals surface area contributed by atoms with Crippen molar-refractivity contribution in [2.75, 3.05) is 27.2 Å². The van der Waals surface area contributed by atoms with E-state index >= 15 is 0 Å². The number of nitrogens with zero attached hydrogens (tertiary/aromatic N) is 1. The molecule has 0 aromatic heterocycles. The van der Waals surface area contributed by atoms with Crippen molar-refractivity contribution in [3.8, 4) is 0 Å². The molecular weight excluding hydrogens is 363 g/mol. The zero-order chi connectivity index (χ0) is 17.0. The van der Waals surface area contributed by atoms with Crippen LogP contribution >= 0.6 is 15.9 Å². The molecule has 1 aromatic rings. The van der Waals surface area contributed by atoms with E-state index in [1.165, 1.54) is 18.3 Å². The molecule has 1 aromatic carbocycles. The van der Waals surface area contributed by atoms with E-state index < -0.39 is 0 Å². The highest BCUT2D eigenvalue weighted by Gasteiger charge is 2.32. The number of hydrogen-bond donors (Lipinski definition) is 1. The fourth-order valence-electron chi connectivity index (χ4n) is 2.57. The standard InChI is InChI=1S/C17H20BrFN2O2/c1-21(2)6-5-20-10-14-16(22)7-11(8-17(14)23)13-4-3-12(19)9-15(13)18/h3-4,9-11,20H,5-8H2,1-2H3. The lowest BCUT2D eigenvalue weighted by molar-refractivity contribution is -0.124. The number of rotatable bonds is 5. The van der Waals surface area contributed by atoms with Gasteiger partial charge in [0.1, 0.15) is 5.82 Å². The van der Waals surface area contributed by atoms with Gasteiger partial charge in [-0.05, 0) is 37.7 Å². The number of likely N-dealkylation sites (N-methyl/N-ethyl adjacent to an activating group) is 1. The van der Waals surface area contributed by atoms with Crippen LogP contribution in [0.5, 0.6) is 0 Å². The Bertz CT molecular complexity index is 623. The van der Waals surface area contributed by atoms with Crippen LogP contribution in [0.1, 0.15) is 24.3 Å². The molecule has 0 amide bonds. The molecule has 23 heavy (non-hydrogen) atoms. The zero-order valence-electron chi connectivity index (χ0n) is 13.2. The number of nitrogens with one attached hydrogen (secondary N) is 1. The van der Waals surface area contributed by atoms with Gasteiger partial charge in [0, 0.05) is 36.6 Å². The molecule has 0 spiro atoms. The normalized spacial score (nSPS) is 18.5. The van der Waals surface area contributed by atoms with Crippen molar-refractivity contribution in [1.82, 2.24) is 10.2 Å². The van der Waals surface area contributed by atoms with Crippen molar-refractivity contribution >= 4 is 27.5 Å². The molecule has 6 heteroatoms. The van der Waals surface area contributed by atoms with Crippen molar-refractivity contribution in [1.29, 1.82) is 0 Å². The van der Waals surface area contributed by atoms with Crippen LogP contribution in [0.3, 0.4) is 0 Å². The van der Waals surface area contributed by atoms with E-state index in [1.54, 1.807) is 6.07 Å². The van der Waals surface area contributed by atoms with E-state index in [1.807, 2.05) is 19.0 Å². The lowest BCUT2D eigenvalue weighted by atomic mass is 9.80. The van der Waals surface area contributed by atoms with Gasteiger partial charge in [-0.1, -0.05) is 22.0 Å². The maximum absolute atomic E-state index is 13.2. The van der Waals surface area contributed by atoms with Crippen LogP contribution in [0.4, 0.5) is 4.39 Å². The summed E-state index contributed by atoms with van der Waals surface area (Å²) < 4.78 is 13.8. The quantitative estimate of drug-likeness (QED) is 0.483. The minimum absolute atomic E-state index is 0.167. The lowest BCUT2D eigenvalue weighted by Gasteiger charge is -2.23. The van der Waals surface area contributed by atoms with Gasteiger partial charge < -0.3 is 10.2 Å². The first-order chi connectivity index (χ1) is 10.9. The third-order valence-electron chi connectivity index (χ3n) is 3.82. The van der Waals surface area contributed by atoms with E-state index in [2.05, 4.69) is 21.2 Å². The highest BCUT2D eigenvalue weighted by molar-refractivity contribution is 9.10. The summed E-state index contributed by atoms with van der Waals surface area (Å²) >= 11 is 3.31. The Morgan fingerprint density at radius 3 is 2.52 bits per heavy atom. The molecule has 0 aliphatic heterocycles. The second-order valence-corrected chi connectivity index (χ2v) is 6.79. The van der Waals surface area contributed by atoms with Crippen molar-refractivity contribution in [2.24, 2.45) is 0 Å². The van der Waals surface area contributed by atoms with Crippen LogP contribution < -0.4 is 5.32 Å². The summed E-state index contributed by atoms with van der Waals surface area (Å²) in [6.45, 7) is 1.49. The Labute approximate surface area is 143 Å². The van der Waals surface area contributed by atoms with E-state index in [-0.39, 0.29) is 41.7 Å². The van der Waals surface area contributed by atoms with Gasteiger partial charge in [0.2, 0.25) is 0 Å². The minimum Gasteiger partial charge on any atom is -0.389 e. The first-order valence-corrected chi connectivity index (χ1v) is 8.27. The van der Waals surface area contributed by atoms with Gasteiger partial charge in [-0.25, -0.2) is 4.39 Å². The number of benzene rings is 1. The predicted molar refractivity (Wildman–Crippen MR) is 90.7 cm³/mol. The van der Waals surface area contributed by atoms with Gasteiger partial charge in [-0.3, -0.25) is 9.59 Å². The Kier molecular flexibility index (Phi) is 6.07. The smallest absolute Gasteiger partial charge is 0.168 e. The van der Waals surface area contributed by atoms with E-state index in [0.717, 1.165) is 12.1 Å². The van der Waals surface area contributed by atoms with Crippen molar-refractivity contribution in [3.63, 3.8) is 0 Å². The molecule has 0 heterocycles. The van der Waals surface area contributed by atoms with Gasteiger partial charge in [-0.15, -0.1) is 0 Å². The second kappa shape index (κ2) is 7.84. The maximum Gasteiger partial charge on any atom is 0.168 e. The van der Waals surface area contributed by atoms with E-state index in [4.69, 9.17) is 0 Å². The predicted octanol–water partition coefficient (Wildman–Crippen LogP) is 2.64. The fraction of sp³-hybridized carbons (Fsp3) is 0.412. The summed E-state index contributed by atoms with van der Waals surface area (Å²) in [7, 11) is 3.91. The average molecular weight is 383 g/mol. The molecule has 1 aliphatic rings. The number of Topliss-reactive ketones (excluding diaryl/α,β-unsaturated/α-hetero) is 2. The summed E-state index contributed by atoms with van der Waals surface area (Å²) in [6.07, 6.45) is 2.05. The first kappa shape index (κ1) is 17.8. The molecule has 0 radical (unpaired) electrons. The second-order valence-electron chi connectivity index (χ2n) is 5.93. The molecule has 1 N–H and O–H groups in total. The van der Waals surface area contributed by atoms with Gasteiger partial charge >= 0.3 is 0 Å². The fourth-order valence-corrected chi connectivity index (χ4v) is 3.25. The van der Waals surface area contributed by atoms with Crippen molar-refractivity contribution < 1.29 is 14.0 Å². The monoisotopic (exact) mass is 382 g/mol. The molecule has 0 atom stereocenters. The number of hydrogen-bond acceptors (Lipinski definition) is 4. The van der Waals surface area contributed by atoms with Crippen LogP contribution in [0.2, 0.25) is 0 Å². The minimum atomic E-state index is -0.347. The molecule has 2 rings (SSSR count). The molecule has 1 aliphatic carbocycles. The summed E-state index contributed by atoms with van der Waals surface area (Å²) in [6, 6.07) is 4.34. The van der Waals surface area contributed by atoms with Gasteiger partial charge in [0.15, 0.2) is 11.6 Å². The molecule has 1 saturated carbocycles. The topological polar surface area (TPSA) is 49.4 Å². The SMILES string of the molecule is CN(C)CCNC=C1C(=O)CC(c2ccc(F)cc2Br)CC1=O. The molecule has 1 fully saturated rings. The molecule has 124 valence electrons. The van der Waals surface area contributed by atoms with Crippen LogP contribution in [0.25, 0.3) is 0 Å². The highest BCUT2D eigenvalue weighted by atomic mass is 79.9. The summed E-state index contributed by atoms with van der Waals surface area (Å²) in [4.78, 5) is 26.5. The Morgan fingerprint density at radius 2 is 1.96 bits per heavy atom. The van der Waals surface area contributed by atoms with E-state index in [9.17, 15) is 14.0 Å². The summed E-state index contributed by atoms with van der Waals surface area (Å²) in [5.41, 5.74) is 1.03. The van der Waals surface area contributed by atoms with Gasteiger partial charge in [0.25, 0.3) is 0 Å². The van der Waals surface area contributed by atoms with Crippen molar-refractivity contribution in [3.05, 3.63) is 45.8 Å². The van der Waals surface area contributed by atoms with Gasteiger partial charge in [-0.2, -0.15) is 0 Å². The molecular formula is C17H20BrFN2O2. The Morgan fingerprint density at radius 1 is 1.30 bits per heavy atom. The molecule has 0 saturated heterocycles. The van der Waals surface area contributed by atoms with Crippen LogP contribution in [0, 0.1) is 5.82 Å². The number of allylic oxidation sites excluding steroid dienone is 1. The number of ketones is 2. The first-order valence-electron chi connectivity index (χ1n) is 7.48. The third-order valence-corrected chi connectivity index (χ3v) is 4.50. The van der Waals surface area contributed by atoms with Crippen LogP contribution in [-0.2, 0) is 9.59 Å². The van der Waals surface area contributed by atoms with Gasteiger partial charge in [0.05, 0.1) is 5.57 Å². The number of halogens is 2. The third kappa shape index (κ3) is 4.72. The van der Waals surface area contributed by atoms with Crippen molar-refractivity contribution in [2.45, 2.75) is 18.8 Å². The van der Waals surface area contributed by atoms with Crippen LogP contribution in [0.15, 0.2) is 34.4 Å². The Balaban J connectivity index is 2.06. The van der Waals surface area contributed by atoms with E-state index in [0.29, 0.717) is 11.0 Å². The molecule has 0 unspecified atom stereocenters. The lowest BCUT2D eigenvalue weighted by Crippen LogP contribution is -2.28.